The van der Waals surface area contributed by atoms with E-state index in [-0.39, 0.29) is 0 Å². The van der Waals surface area contributed by atoms with Crippen molar-refractivity contribution in [1.29, 1.82) is 0 Å². The van der Waals surface area contributed by atoms with Crippen molar-refractivity contribution in [3.05, 3.63) is 57.3 Å². The molecule has 4 aromatic rings. The number of hydrogen-bond donors (Lipinski definition) is 0. The van der Waals surface area contributed by atoms with Crippen LogP contribution in [-0.2, 0) is 0 Å². The van der Waals surface area contributed by atoms with Crippen molar-refractivity contribution < 1.29 is 0 Å². The molecule has 0 unspecified atom stereocenters. The first-order valence-electron chi connectivity index (χ1n) is 12.2. The molecule has 0 nitrogen and oxygen atoms in total. The second kappa shape index (κ2) is 8.05. The van der Waals surface area contributed by atoms with Crippen molar-refractivity contribution in [2.24, 2.45) is 0 Å². The number of rotatable bonds is 4. The molecule has 0 radical (unpaired) electrons. The number of benzene rings is 2. The lowest BCUT2D eigenvalue weighted by molar-refractivity contribution is 0.942. The second-order valence-corrected chi connectivity index (χ2v) is 24.5. The van der Waals surface area contributed by atoms with Gasteiger partial charge in [-0.15, -0.1) is 22.7 Å². The fourth-order valence-electron chi connectivity index (χ4n) is 5.42. The summed E-state index contributed by atoms with van der Waals surface area (Å²) >= 11 is 3.97. The van der Waals surface area contributed by atoms with Gasteiger partial charge < -0.3 is 0 Å². The van der Waals surface area contributed by atoms with Crippen molar-refractivity contribution in [1.82, 2.24) is 0 Å². The van der Waals surface area contributed by atoms with Gasteiger partial charge in [-0.25, -0.2) is 0 Å². The van der Waals surface area contributed by atoms with Crippen molar-refractivity contribution in [2.75, 3.05) is 0 Å². The van der Waals surface area contributed by atoms with Crippen LogP contribution >= 0.6 is 22.7 Å². The molecule has 33 heavy (non-hydrogen) atoms. The smallest absolute Gasteiger partial charge is 0.0776 e. The molecule has 4 heteroatoms. The van der Waals surface area contributed by atoms with Crippen molar-refractivity contribution >= 4 is 80.5 Å². The molecule has 2 aromatic carbocycles. The van der Waals surface area contributed by atoms with Gasteiger partial charge in [0.1, 0.15) is 0 Å². The number of aryl methyl sites for hydroxylation is 2. The Morgan fingerprint density at radius 3 is 1.36 bits per heavy atom. The van der Waals surface area contributed by atoms with Crippen molar-refractivity contribution in [3.63, 3.8) is 0 Å². The fraction of sp³-hybridized carbons (Fsp3) is 0.379. The summed E-state index contributed by atoms with van der Waals surface area (Å²) in [6.45, 7) is 19.5. The van der Waals surface area contributed by atoms with Crippen LogP contribution < -0.4 is 10.4 Å². The van der Waals surface area contributed by atoms with E-state index in [4.69, 9.17) is 0 Å². The number of thiophene rings is 2. The maximum atomic E-state index is 2.55. The Kier molecular flexibility index (Phi) is 5.68. The topological polar surface area (TPSA) is 0 Å². The monoisotopic (exact) mass is 504 g/mol. The molecular formula is C29H36S2Si2. The molecule has 0 fully saturated rings. The molecule has 172 valence electrons. The fourth-order valence-corrected chi connectivity index (χ4v) is 9.88. The molecule has 0 bridgehead atoms. The highest BCUT2D eigenvalue weighted by atomic mass is 32.1. The lowest BCUT2D eigenvalue weighted by atomic mass is 9.93. The summed E-state index contributed by atoms with van der Waals surface area (Å²) in [5.74, 6) is 0. The van der Waals surface area contributed by atoms with Gasteiger partial charge in [-0.05, 0) is 67.5 Å². The van der Waals surface area contributed by atoms with Crippen LogP contribution in [0.3, 0.4) is 0 Å². The molecule has 0 saturated heterocycles. The van der Waals surface area contributed by atoms with E-state index in [0.29, 0.717) is 0 Å². The molecule has 0 amide bonds. The molecule has 0 N–H and O–H groups in total. The normalized spacial score (nSPS) is 15.4. The van der Waals surface area contributed by atoms with Crippen molar-refractivity contribution in [3.8, 4) is 0 Å². The minimum Gasteiger partial charge on any atom is -0.140 e. The molecule has 1 aliphatic rings. The van der Waals surface area contributed by atoms with Gasteiger partial charge in [0.2, 0.25) is 0 Å². The van der Waals surface area contributed by atoms with E-state index in [1.54, 1.807) is 32.6 Å². The Labute approximate surface area is 209 Å². The van der Waals surface area contributed by atoms with Gasteiger partial charge in [0.15, 0.2) is 0 Å². The zero-order chi connectivity index (χ0) is 23.7. The van der Waals surface area contributed by atoms with Gasteiger partial charge >= 0.3 is 0 Å². The molecule has 0 aliphatic heterocycles. The van der Waals surface area contributed by atoms with Crippen LogP contribution in [0.2, 0.25) is 39.3 Å². The summed E-state index contributed by atoms with van der Waals surface area (Å²) in [6, 6.07) is 14.7. The third-order valence-electron chi connectivity index (χ3n) is 7.28. The van der Waals surface area contributed by atoms with Crippen LogP contribution in [-0.4, -0.2) is 16.1 Å². The van der Waals surface area contributed by atoms with E-state index in [2.05, 4.69) is 89.5 Å². The number of fused-ring (bicyclic) bond motifs is 2. The third kappa shape index (κ3) is 4.03. The molecular weight excluding hydrogens is 469 g/mol. The third-order valence-corrected chi connectivity index (χ3v) is 13.5. The minimum atomic E-state index is -1.35. The van der Waals surface area contributed by atoms with Crippen molar-refractivity contribution in [2.45, 2.75) is 72.4 Å². The molecule has 1 aliphatic carbocycles. The summed E-state index contributed by atoms with van der Waals surface area (Å²) in [5.41, 5.74) is 6.38. The Morgan fingerprint density at radius 2 is 1.00 bits per heavy atom. The Hall–Kier alpha value is -1.47. The molecule has 2 aromatic heterocycles. The average molecular weight is 505 g/mol. The van der Waals surface area contributed by atoms with E-state index in [9.17, 15) is 0 Å². The van der Waals surface area contributed by atoms with Crippen LogP contribution in [0.5, 0.6) is 0 Å². The predicted molar refractivity (Wildman–Crippen MR) is 160 cm³/mol. The highest BCUT2D eigenvalue weighted by Gasteiger charge is 2.27. The molecule has 0 saturated carbocycles. The standard InChI is InChI=1S/C29H36S2Si2/c1-18-28(24-16-20(32(3,4)5)12-14-26(24)30-18)22-10-9-11-23(22)29-19(2)31-27-15-13-21(17-25(27)29)33(6,7)8/h12-17H,9-11H2,1-8H3. The largest absolute Gasteiger partial charge is 0.140 e. The van der Waals surface area contributed by atoms with Gasteiger partial charge in [0.05, 0.1) is 16.1 Å². The van der Waals surface area contributed by atoms with Gasteiger partial charge in [0.25, 0.3) is 0 Å². The van der Waals surface area contributed by atoms with E-state index in [0.717, 1.165) is 0 Å². The Bertz CT molecular complexity index is 1310. The van der Waals surface area contributed by atoms with Crippen LogP contribution in [0, 0.1) is 13.8 Å². The summed E-state index contributed by atoms with van der Waals surface area (Å²) in [7, 11) is -2.70. The molecule has 0 spiro atoms. The first-order chi connectivity index (χ1) is 15.4. The van der Waals surface area contributed by atoms with E-state index in [1.807, 2.05) is 22.7 Å². The van der Waals surface area contributed by atoms with E-state index >= 15 is 0 Å². The van der Waals surface area contributed by atoms with Crippen LogP contribution in [0.4, 0.5) is 0 Å². The summed E-state index contributed by atoms with van der Waals surface area (Å²) in [4.78, 5) is 2.99. The van der Waals surface area contributed by atoms with Crippen LogP contribution in [0.15, 0.2) is 36.4 Å². The summed E-state index contributed by atoms with van der Waals surface area (Å²) in [5, 5.41) is 6.16. The summed E-state index contributed by atoms with van der Waals surface area (Å²) < 4.78 is 2.91. The first-order valence-corrected chi connectivity index (χ1v) is 20.9. The number of allylic oxidation sites excluding steroid dienone is 2. The minimum absolute atomic E-state index is 1.21. The first kappa shape index (κ1) is 23.3. The van der Waals surface area contributed by atoms with Crippen LogP contribution in [0.25, 0.3) is 31.3 Å². The Morgan fingerprint density at radius 1 is 0.606 bits per heavy atom. The number of hydrogen-bond acceptors (Lipinski definition) is 2. The van der Waals surface area contributed by atoms with Gasteiger partial charge in [-0.2, -0.15) is 0 Å². The van der Waals surface area contributed by atoms with Gasteiger partial charge in [0, 0.05) is 29.9 Å². The maximum absolute atomic E-state index is 2.55. The zero-order valence-corrected chi connectivity index (χ0v) is 25.0. The van der Waals surface area contributed by atoms with E-state index < -0.39 is 16.1 Å². The zero-order valence-electron chi connectivity index (χ0n) is 21.4. The lowest BCUT2D eigenvalue weighted by Gasteiger charge is -2.18. The Balaban J connectivity index is 1.77. The quantitative estimate of drug-likeness (QED) is 0.243. The van der Waals surface area contributed by atoms with Gasteiger partial charge in [-0.3, -0.25) is 0 Å². The highest BCUT2D eigenvalue weighted by Crippen LogP contribution is 2.49. The van der Waals surface area contributed by atoms with Crippen LogP contribution in [0.1, 0.15) is 40.1 Å². The highest BCUT2D eigenvalue weighted by molar-refractivity contribution is 7.19. The second-order valence-electron chi connectivity index (χ2n) is 11.8. The average Bonchev–Trinajstić information content (AvgIpc) is 3.38. The van der Waals surface area contributed by atoms with E-state index in [1.165, 1.54) is 49.2 Å². The lowest BCUT2D eigenvalue weighted by Crippen LogP contribution is -2.37. The van der Waals surface area contributed by atoms with Gasteiger partial charge in [-0.1, -0.05) is 73.9 Å². The predicted octanol–water partition coefficient (Wildman–Crippen LogP) is 8.92. The molecule has 5 rings (SSSR count). The maximum Gasteiger partial charge on any atom is 0.0776 e. The molecule has 2 heterocycles. The summed E-state index contributed by atoms with van der Waals surface area (Å²) in [6.07, 6.45) is 3.70. The molecule has 0 atom stereocenters. The SMILES string of the molecule is Cc1sc2ccc([Si](C)(C)C)cc2c1C1=C(c2c(C)sc3ccc([Si](C)(C)C)cc23)CCC1.